The molecule has 20 heavy (non-hydrogen) atoms. The van der Waals surface area contributed by atoms with E-state index in [0.29, 0.717) is 0 Å². The van der Waals surface area contributed by atoms with E-state index in [2.05, 4.69) is 5.32 Å². The average Bonchev–Trinajstić information content (AvgIpc) is 2.38. The van der Waals surface area contributed by atoms with E-state index in [9.17, 15) is 19.0 Å². The molecule has 0 saturated carbocycles. The number of nitrogens with one attached hydrogen (secondary N) is 1. The minimum atomic E-state index is -4.10. The summed E-state index contributed by atoms with van der Waals surface area (Å²) >= 11 is 0. The van der Waals surface area contributed by atoms with Gasteiger partial charge in [-0.25, -0.2) is 4.57 Å². The number of carbonyl (C=O) groups is 2. The number of Topliss-reactive ketones (excluding diaryl/α,β-unsaturated/α-hetero) is 2. The van der Waals surface area contributed by atoms with Crippen molar-refractivity contribution in [2.24, 2.45) is 0 Å². The van der Waals surface area contributed by atoms with Crippen LogP contribution in [0.3, 0.4) is 0 Å². The molecule has 0 amide bonds. The molecule has 2 aliphatic rings. The maximum absolute atomic E-state index is 12.4. The zero-order valence-corrected chi connectivity index (χ0v) is 11.7. The van der Waals surface area contributed by atoms with E-state index >= 15 is 0 Å². The Morgan fingerprint density at radius 2 is 1.70 bits per heavy atom. The highest BCUT2D eigenvalue weighted by Gasteiger charge is 2.51. The van der Waals surface area contributed by atoms with E-state index in [0.717, 1.165) is 0 Å². The summed E-state index contributed by atoms with van der Waals surface area (Å²) in [5, 5.41) is 1.34. The van der Waals surface area contributed by atoms with E-state index in [-0.39, 0.29) is 22.6 Å². The molecular weight excluding hydrogens is 281 g/mol. The molecule has 0 saturated heterocycles. The number of ketones is 2. The summed E-state index contributed by atoms with van der Waals surface area (Å²) in [5.74, 6) is -1.35. The van der Waals surface area contributed by atoms with Crippen molar-refractivity contribution < 1.29 is 23.6 Å². The number of benzene rings is 1. The van der Waals surface area contributed by atoms with Gasteiger partial charge >= 0.3 is 7.60 Å². The topological polar surface area (TPSA) is 92.7 Å². The third-order valence-electron chi connectivity index (χ3n) is 3.43. The van der Waals surface area contributed by atoms with Gasteiger partial charge in [-0.2, -0.15) is 0 Å². The predicted octanol–water partition coefficient (Wildman–Crippen LogP) is 1.82. The molecule has 3 rings (SSSR count). The Kier molecular flexibility index (Phi) is 2.49. The predicted molar refractivity (Wildman–Crippen MR) is 70.3 cm³/mol. The molecule has 0 aromatic heterocycles. The lowest BCUT2D eigenvalue weighted by atomic mass is 9.91. The van der Waals surface area contributed by atoms with Gasteiger partial charge in [0.15, 0.2) is 0 Å². The van der Waals surface area contributed by atoms with Crippen LogP contribution < -0.4 is 5.32 Å². The van der Waals surface area contributed by atoms with Gasteiger partial charge in [0.1, 0.15) is 11.0 Å². The van der Waals surface area contributed by atoms with Crippen LogP contribution in [-0.2, 0) is 9.09 Å². The summed E-state index contributed by atoms with van der Waals surface area (Å²) in [6.45, 7) is 2.88. The average molecular weight is 293 g/mol. The molecular formula is C13H12NO5P. The van der Waals surface area contributed by atoms with Crippen molar-refractivity contribution >= 4 is 19.2 Å². The van der Waals surface area contributed by atoms with Gasteiger partial charge in [0.25, 0.3) is 0 Å². The highest BCUT2D eigenvalue weighted by molar-refractivity contribution is 7.54. The summed E-state index contributed by atoms with van der Waals surface area (Å²) in [4.78, 5) is 34.5. The molecule has 1 atom stereocenters. The van der Waals surface area contributed by atoms with Gasteiger partial charge in [0, 0.05) is 11.1 Å². The Morgan fingerprint density at radius 3 is 2.30 bits per heavy atom. The highest BCUT2D eigenvalue weighted by Crippen LogP contribution is 2.59. The maximum atomic E-state index is 12.4. The first-order valence-corrected chi connectivity index (χ1v) is 7.56. The molecule has 0 fully saturated rings. The van der Waals surface area contributed by atoms with E-state index in [4.69, 9.17) is 4.52 Å². The van der Waals surface area contributed by atoms with Gasteiger partial charge in [-0.15, -0.1) is 0 Å². The largest absolute Gasteiger partial charge is 0.416 e. The van der Waals surface area contributed by atoms with Crippen LogP contribution >= 0.6 is 7.60 Å². The lowest BCUT2D eigenvalue weighted by molar-refractivity contribution is 0.0905. The molecule has 1 aromatic carbocycles. The molecule has 2 N–H and O–H groups in total. The molecule has 1 aromatic rings. The van der Waals surface area contributed by atoms with Crippen molar-refractivity contribution in [3.8, 4) is 0 Å². The Labute approximate surface area is 115 Å². The summed E-state index contributed by atoms with van der Waals surface area (Å²) in [5.41, 5.74) is 0.384. The smallest absolute Gasteiger partial charge is 0.401 e. The van der Waals surface area contributed by atoms with Gasteiger partial charge in [-0.3, -0.25) is 9.59 Å². The third-order valence-corrected chi connectivity index (χ3v) is 5.38. The third kappa shape index (κ3) is 1.58. The molecule has 1 heterocycles. The van der Waals surface area contributed by atoms with Crippen LogP contribution in [-0.4, -0.2) is 21.7 Å². The number of carbonyl (C=O) groups excluding carboxylic acids is 2. The second kappa shape index (κ2) is 3.81. The summed E-state index contributed by atoms with van der Waals surface area (Å²) in [6, 6.07) is 6.31. The van der Waals surface area contributed by atoms with Crippen LogP contribution in [0.4, 0.5) is 0 Å². The standard InChI is InChI=1S/C13H12NO5P/c1-13(2)14-9-10(15)7-5-3-4-6-8(7)11(16)12(9)19-20(13,17)18/h3-6,14H,1-2H3,(H,17,18). The molecule has 104 valence electrons. The minimum absolute atomic E-state index is 0.0563. The molecule has 1 aliphatic carbocycles. The molecule has 1 aliphatic heterocycles. The minimum Gasteiger partial charge on any atom is -0.416 e. The molecule has 0 radical (unpaired) electrons. The second-order valence-corrected chi connectivity index (χ2v) is 7.55. The number of rotatable bonds is 0. The van der Waals surface area contributed by atoms with Crippen LogP contribution in [0.5, 0.6) is 0 Å². The van der Waals surface area contributed by atoms with E-state index in [1.807, 2.05) is 0 Å². The molecule has 1 unspecified atom stereocenters. The fourth-order valence-corrected chi connectivity index (χ4v) is 3.07. The van der Waals surface area contributed by atoms with Crippen molar-refractivity contribution in [2.75, 3.05) is 0 Å². The number of hydrogen-bond donors (Lipinski definition) is 2. The van der Waals surface area contributed by atoms with Crippen molar-refractivity contribution in [3.05, 3.63) is 46.8 Å². The zero-order chi connectivity index (χ0) is 14.7. The maximum Gasteiger partial charge on any atom is 0.401 e. The lowest BCUT2D eigenvalue weighted by Crippen LogP contribution is -2.47. The molecule has 6 nitrogen and oxygen atoms in total. The van der Waals surface area contributed by atoms with Crippen LogP contribution in [0.2, 0.25) is 0 Å². The van der Waals surface area contributed by atoms with Crippen LogP contribution in [0.1, 0.15) is 34.6 Å². The first kappa shape index (κ1) is 13.1. The summed E-state index contributed by atoms with van der Waals surface area (Å²) in [6.07, 6.45) is 0. The summed E-state index contributed by atoms with van der Waals surface area (Å²) < 4.78 is 17.1. The summed E-state index contributed by atoms with van der Waals surface area (Å²) in [7, 11) is -4.10. The van der Waals surface area contributed by atoms with Crippen LogP contribution in [0, 0.1) is 0 Å². The van der Waals surface area contributed by atoms with Crippen LogP contribution in [0.25, 0.3) is 0 Å². The first-order valence-electron chi connectivity index (χ1n) is 5.98. The number of fused-ring (bicyclic) bond motifs is 1. The Hall–Kier alpha value is -1.91. The number of allylic oxidation sites excluding steroid dienone is 2. The first-order chi connectivity index (χ1) is 9.24. The van der Waals surface area contributed by atoms with E-state index in [1.54, 1.807) is 18.2 Å². The molecule has 0 bridgehead atoms. The second-order valence-electron chi connectivity index (χ2n) is 5.20. The van der Waals surface area contributed by atoms with Crippen molar-refractivity contribution in [1.82, 2.24) is 5.32 Å². The normalized spacial score (nSPS) is 27.4. The fourth-order valence-electron chi connectivity index (χ4n) is 2.17. The monoisotopic (exact) mass is 293 g/mol. The zero-order valence-electron chi connectivity index (χ0n) is 10.8. The van der Waals surface area contributed by atoms with Gasteiger partial charge in [0.05, 0.1) is 0 Å². The van der Waals surface area contributed by atoms with Gasteiger partial charge in [-0.1, -0.05) is 24.3 Å². The SMILES string of the molecule is CC1(C)NC2=C(OP1(=O)O)C(=O)c1ccccc1C2=O. The molecule has 0 spiro atoms. The Morgan fingerprint density at radius 1 is 1.15 bits per heavy atom. The van der Waals surface area contributed by atoms with Gasteiger partial charge in [0.2, 0.25) is 17.3 Å². The van der Waals surface area contributed by atoms with E-state index in [1.165, 1.54) is 19.9 Å². The van der Waals surface area contributed by atoms with Gasteiger partial charge in [-0.05, 0) is 13.8 Å². The highest BCUT2D eigenvalue weighted by atomic mass is 31.2. The van der Waals surface area contributed by atoms with Crippen molar-refractivity contribution in [2.45, 2.75) is 19.1 Å². The fraction of sp³-hybridized carbons (Fsp3) is 0.231. The Balaban J connectivity index is 2.21. The molecule has 7 heteroatoms. The van der Waals surface area contributed by atoms with Gasteiger partial charge < -0.3 is 14.7 Å². The number of hydrogen-bond acceptors (Lipinski definition) is 5. The van der Waals surface area contributed by atoms with Crippen molar-refractivity contribution in [3.63, 3.8) is 0 Å². The van der Waals surface area contributed by atoms with E-state index < -0.39 is 24.4 Å². The Bertz CT molecular complexity index is 734. The van der Waals surface area contributed by atoms with Crippen LogP contribution in [0.15, 0.2) is 35.7 Å². The lowest BCUT2D eigenvalue weighted by Gasteiger charge is -2.38. The van der Waals surface area contributed by atoms with Crippen molar-refractivity contribution in [1.29, 1.82) is 0 Å². The quantitative estimate of drug-likeness (QED) is 0.709.